The number of carbonyl (C=O) groups excluding carboxylic acids is 1. The van der Waals surface area contributed by atoms with Crippen molar-refractivity contribution in [3.63, 3.8) is 0 Å². The van der Waals surface area contributed by atoms with Gasteiger partial charge in [-0.15, -0.1) is 0 Å². The number of pyridine rings is 1. The van der Waals surface area contributed by atoms with E-state index in [-0.39, 0.29) is 29.3 Å². The van der Waals surface area contributed by atoms with E-state index in [9.17, 15) is 22.8 Å². The number of amides is 1. The molecule has 3 aromatic rings. The second-order valence-electron chi connectivity index (χ2n) is 8.86. The summed E-state index contributed by atoms with van der Waals surface area (Å²) in [6.07, 6.45) is 1.34. The van der Waals surface area contributed by atoms with E-state index in [0.29, 0.717) is 36.4 Å². The number of fused-ring (bicyclic) bond motifs is 1. The van der Waals surface area contributed by atoms with Crippen LogP contribution in [0.5, 0.6) is 0 Å². The van der Waals surface area contributed by atoms with Crippen molar-refractivity contribution >= 4 is 5.91 Å². The van der Waals surface area contributed by atoms with Gasteiger partial charge >= 0.3 is 6.18 Å². The molecule has 1 aromatic carbocycles. The van der Waals surface area contributed by atoms with Crippen molar-refractivity contribution in [3.8, 4) is 5.69 Å². The van der Waals surface area contributed by atoms with Gasteiger partial charge in [0.1, 0.15) is 23.2 Å². The Morgan fingerprint density at radius 2 is 1.86 bits per heavy atom. The molecule has 0 aliphatic carbocycles. The summed E-state index contributed by atoms with van der Waals surface area (Å²) in [7, 11) is 0. The smallest absolute Gasteiger partial charge is 0.416 e. The third-order valence-corrected chi connectivity index (χ3v) is 6.36. The molecular weight excluding hydrogens is 461 g/mol. The predicted octanol–water partition coefficient (Wildman–Crippen LogP) is 4.60. The Morgan fingerprint density at radius 3 is 2.51 bits per heavy atom. The number of carbonyl (C=O) groups is 1. The lowest BCUT2D eigenvalue weighted by Crippen LogP contribution is -2.47. The molecule has 35 heavy (non-hydrogen) atoms. The molecule has 1 fully saturated rings. The Balaban J connectivity index is 1.36. The lowest BCUT2D eigenvalue weighted by atomic mass is 10.0. The lowest BCUT2D eigenvalue weighted by molar-refractivity contribution is -0.137. The number of rotatable bonds is 3. The van der Waals surface area contributed by atoms with Crippen LogP contribution in [0.15, 0.2) is 65.7 Å². The van der Waals surface area contributed by atoms with Gasteiger partial charge in [0, 0.05) is 25.4 Å². The molecule has 10 heteroatoms. The molecule has 0 unspecified atom stereocenters. The summed E-state index contributed by atoms with van der Waals surface area (Å²) in [4.78, 5) is 32.0. The van der Waals surface area contributed by atoms with Crippen molar-refractivity contribution in [2.45, 2.75) is 51.6 Å². The monoisotopic (exact) mass is 484 g/mol. The first-order valence-corrected chi connectivity index (χ1v) is 11.2. The first kappa shape index (κ1) is 22.9. The standard InChI is InChI=1S/C25H23F3N4O3/c1-15-11-30(14-29-15)20-8-9-21-24(34)31(16(2)12-32(21)23(20)33)13-19-7-10-22(35-19)17-3-5-18(6-4-17)25(26,27)28/h3-6,8-9,11,13-14,16,22H,7,10,12H2,1-2H3/b19-13+/t16-,22+/m0/s1. The molecule has 1 saturated heterocycles. The molecule has 1 amide bonds. The third-order valence-electron chi connectivity index (χ3n) is 6.36. The van der Waals surface area contributed by atoms with Crippen molar-refractivity contribution in [1.29, 1.82) is 0 Å². The molecule has 0 spiro atoms. The Morgan fingerprint density at radius 1 is 1.11 bits per heavy atom. The number of benzene rings is 1. The minimum absolute atomic E-state index is 0.271. The zero-order chi connectivity index (χ0) is 24.9. The molecule has 2 aromatic heterocycles. The Bertz CT molecular complexity index is 1370. The summed E-state index contributed by atoms with van der Waals surface area (Å²) >= 11 is 0. The maximum Gasteiger partial charge on any atom is 0.416 e. The van der Waals surface area contributed by atoms with Gasteiger partial charge in [0.05, 0.1) is 23.6 Å². The van der Waals surface area contributed by atoms with Gasteiger partial charge in [-0.05, 0) is 50.1 Å². The molecule has 2 atom stereocenters. The number of ether oxygens (including phenoxy) is 1. The number of allylic oxidation sites excluding steroid dienone is 1. The van der Waals surface area contributed by atoms with Crippen LogP contribution in [0, 0.1) is 6.92 Å². The molecular formula is C25H23F3N4O3. The molecule has 182 valence electrons. The number of nitrogens with zero attached hydrogens (tertiary/aromatic N) is 4. The number of hydrogen-bond donors (Lipinski definition) is 0. The maximum absolute atomic E-state index is 13.2. The highest BCUT2D eigenvalue weighted by Crippen LogP contribution is 2.37. The van der Waals surface area contributed by atoms with Crippen LogP contribution in [0.3, 0.4) is 0 Å². The SMILES string of the molecule is Cc1cn(-c2ccc3n(c2=O)C[C@H](C)N(/C=C2\CC[C@H](c4ccc(C(F)(F)F)cc4)O2)C3=O)cn1. The highest BCUT2D eigenvalue weighted by atomic mass is 19.4. The van der Waals surface area contributed by atoms with Crippen molar-refractivity contribution in [3.05, 3.63) is 93.8 Å². The van der Waals surface area contributed by atoms with Crippen molar-refractivity contribution in [1.82, 2.24) is 19.0 Å². The van der Waals surface area contributed by atoms with E-state index in [4.69, 9.17) is 4.74 Å². The van der Waals surface area contributed by atoms with Gasteiger partial charge in [-0.2, -0.15) is 13.2 Å². The summed E-state index contributed by atoms with van der Waals surface area (Å²) in [5.74, 6) is 0.264. The number of alkyl halides is 3. The van der Waals surface area contributed by atoms with E-state index >= 15 is 0 Å². The van der Waals surface area contributed by atoms with E-state index < -0.39 is 11.7 Å². The average molecular weight is 484 g/mol. The molecule has 0 bridgehead atoms. The second-order valence-corrected chi connectivity index (χ2v) is 8.86. The summed E-state index contributed by atoms with van der Waals surface area (Å²) in [5, 5.41) is 0. The van der Waals surface area contributed by atoms with Gasteiger partial charge in [-0.3, -0.25) is 9.59 Å². The molecule has 7 nitrogen and oxygen atoms in total. The van der Waals surface area contributed by atoms with Gasteiger partial charge < -0.3 is 18.8 Å². The number of imidazole rings is 1. The normalized spacial score (nSPS) is 21.3. The van der Waals surface area contributed by atoms with Gasteiger partial charge in [0.15, 0.2) is 0 Å². The number of halogens is 3. The third kappa shape index (κ3) is 4.24. The van der Waals surface area contributed by atoms with Gasteiger partial charge in [-0.1, -0.05) is 12.1 Å². The fourth-order valence-electron chi connectivity index (χ4n) is 4.50. The van der Waals surface area contributed by atoms with Crippen LogP contribution in [0.2, 0.25) is 0 Å². The van der Waals surface area contributed by atoms with E-state index in [1.807, 2.05) is 13.8 Å². The molecule has 0 saturated carbocycles. The molecule has 4 heterocycles. The van der Waals surface area contributed by atoms with Crippen LogP contribution >= 0.6 is 0 Å². The second kappa shape index (κ2) is 8.44. The topological polar surface area (TPSA) is 69.4 Å². The summed E-state index contributed by atoms with van der Waals surface area (Å²) in [5.41, 5.74) is 1.15. The zero-order valence-corrected chi connectivity index (χ0v) is 19.1. The van der Waals surface area contributed by atoms with Crippen LogP contribution in [0.25, 0.3) is 5.69 Å². The average Bonchev–Trinajstić information content (AvgIpc) is 3.46. The van der Waals surface area contributed by atoms with Crippen LogP contribution in [-0.4, -0.2) is 31.0 Å². The minimum Gasteiger partial charge on any atom is -0.489 e. The van der Waals surface area contributed by atoms with Crippen molar-refractivity contribution < 1.29 is 22.7 Å². The molecule has 5 rings (SSSR count). The van der Waals surface area contributed by atoms with E-state index in [0.717, 1.165) is 17.8 Å². The van der Waals surface area contributed by atoms with Gasteiger partial charge in [0.25, 0.3) is 11.5 Å². The number of aryl methyl sites for hydroxylation is 1. The Hall–Kier alpha value is -3.82. The molecule has 2 aliphatic rings. The number of aromatic nitrogens is 3. The highest BCUT2D eigenvalue weighted by Gasteiger charge is 2.33. The highest BCUT2D eigenvalue weighted by molar-refractivity contribution is 5.94. The molecule has 2 aliphatic heterocycles. The van der Waals surface area contributed by atoms with E-state index in [1.165, 1.54) is 16.7 Å². The Labute approximate surface area is 199 Å². The van der Waals surface area contributed by atoms with Crippen LogP contribution in [0.4, 0.5) is 13.2 Å². The number of hydrogen-bond acceptors (Lipinski definition) is 4. The van der Waals surface area contributed by atoms with Crippen LogP contribution < -0.4 is 5.56 Å². The van der Waals surface area contributed by atoms with Crippen LogP contribution in [-0.2, 0) is 17.5 Å². The summed E-state index contributed by atoms with van der Waals surface area (Å²) in [6.45, 7) is 3.99. The minimum atomic E-state index is -4.39. The summed E-state index contributed by atoms with van der Waals surface area (Å²) < 4.78 is 47.6. The fraction of sp³-hybridized carbons (Fsp3) is 0.320. The molecule has 0 N–H and O–H groups in total. The quantitative estimate of drug-likeness (QED) is 0.545. The zero-order valence-electron chi connectivity index (χ0n) is 19.1. The van der Waals surface area contributed by atoms with E-state index in [1.54, 1.807) is 40.3 Å². The fourth-order valence-corrected chi connectivity index (χ4v) is 4.50. The van der Waals surface area contributed by atoms with E-state index in [2.05, 4.69) is 4.98 Å². The first-order chi connectivity index (χ1) is 16.6. The van der Waals surface area contributed by atoms with Gasteiger partial charge in [-0.25, -0.2) is 4.98 Å². The van der Waals surface area contributed by atoms with Crippen molar-refractivity contribution in [2.24, 2.45) is 0 Å². The maximum atomic E-state index is 13.2. The lowest BCUT2D eigenvalue weighted by Gasteiger charge is -2.33. The summed E-state index contributed by atoms with van der Waals surface area (Å²) in [6, 6.07) is 7.89. The molecule has 0 radical (unpaired) electrons. The first-order valence-electron chi connectivity index (χ1n) is 11.2. The largest absolute Gasteiger partial charge is 0.489 e. The van der Waals surface area contributed by atoms with Crippen LogP contribution in [0.1, 0.15) is 53.2 Å². The van der Waals surface area contributed by atoms with Gasteiger partial charge in [0.2, 0.25) is 0 Å². The predicted molar refractivity (Wildman–Crippen MR) is 121 cm³/mol. The van der Waals surface area contributed by atoms with Crippen molar-refractivity contribution in [2.75, 3.05) is 0 Å². The Kier molecular flexibility index (Phi) is 5.53.